The van der Waals surface area contributed by atoms with Crippen molar-refractivity contribution in [2.75, 3.05) is 13.7 Å². The van der Waals surface area contributed by atoms with Crippen LogP contribution < -0.4 is 0 Å². The molecule has 0 aliphatic carbocycles. The Bertz CT molecular complexity index is 458. The topological polar surface area (TPSA) is 26.3 Å². The van der Waals surface area contributed by atoms with E-state index in [1.165, 1.54) is 13.2 Å². The Hall–Kier alpha value is -0.880. The van der Waals surface area contributed by atoms with Crippen LogP contribution in [0.5, 0.6) is 0 Å². The second kappa shape index (κ2) is 6.52. The smallest absolute Gasteiger partial charge is 0.385 e. The first-order valence-electron chi connectivity index (χ1n) is 5.67. The van der Waals surface area contributed by atoms with Crippen LogP contribution in [0.4, 0.5) is 13.2 Å². The van der Waals surface area contributed by atoms with Gasteiger partial charge in [0, 0.05) is 29.7 Å². The number of ether oxygens (including phenoxy) is 1. The van der Waals surface area contributed by atoms with E-state index in [2.05, 4.69) is 15.9 Å². The van der Waals surface area contributed by atoms with Crippen LogP contribution >= 0.6 is 15.9 Å². The molecule has 1 aromatic carbocycles. The Morgan fingerprint density at radius 3 is 2.58 bits per heavy atom. The molecule has 1 aromatic rings. The maximum atomic E-state index is 12.6. The highest BCUT2D eigenvalue weighted by Gasteiger charge is 2.32. The van der Waals surface area contributed by atoms with Crippen molar-refractivity contribution in [2.45, 2.75) is 19.5 Å². The molecule has 0 saturated heterocycles. The van der Waals surface area contributed by atoms with Gasteiger partial charge in [0.15, 0.2) is 5.78 Å². The third-order valence-corrected chi connectivity index (χ3v) is 3.45. The highest BCUT2D eigenvalue weighted by atomic mass is 79.9. The molecule has 2 nitrogen and oxygen atoms in total. The predicted molar refractivity (Wildman–Crippen MR) is 69.1 cm³/mol. The summed E-state index contributed by atoms with van der Waals surface area (Å²) >= 11 is 3.11. The van der Waals surface area contributed by atoms with Gasteiger partial charge in [0.2, 0.25) is 0 Å². The number of benzene rings is 1. The lowest BCUT2D eigenvalue weighted by Gasteiger charge is -2.13. The second-order valence-corrected chi connectivity index (χ2v) is 5.09. The number of ketones is 1. The molecule has 0 radical (unpaired) electrons. The van der Waals surface area contributed by atoms with E-state index in [1.807, 2.05) is 0 Å². The maximum Gasteiger partial charge on any atom is 0.416 e. The minimum Gasteiger partial charge on any atom is -0.385 e. The number of hydrogen-bond acceptors (Lipinski definition) is 2. The van der Waals surface area contributed by atoms with Crippen LogP contribution in [-0.4, -0.2) is 19.5 Å². The van der Waals surface area contributed by atoms with Crippen molar-refractivity contribution in [3.63, 3.8) is 0 Å². The van der Waals surface area contributed by atoms with Crippen LogP contribution in [0.1, 0.15) is 29.3 Å². The standard InChI is InChI=1S/C13H14BrF3O2/c1-8(5-6-19-2)12(18)10-7-9(13(15,16)17)3-4-11(10)14/h3-4,7-8H,5-6H2,1-2H3. The number of halogens is 4. The van der Waals surface area contributed by atoms with Crippen LogP contribution in [-0.2, 0) is 10.9 Å². The molecule has 0 aromatic heterocycles. The van der Waals surface area contributed by atoms with Crippen LogP contribution in [0.3, 0.4) is 0 Å². The Morgan fingerprint density at radius 2 is 2.05 bits per heavy atom. The Morgan fingerprint density at radius 1 is 1.42 bits per heavy atom. The molecule has 0 saturated carbocycles. The van der Waals surface area contributed by atoms with Crippen molar-refractivity contribution >= 4 is 21.7 Å². The molecule has 1 atom stereocenters. The van der Waals surface area contributed by atoms with Gasteiger partial charge in [-0.1, -0.05) is 22.9 Å². The molecule has 19 heavy (non-hydrogen) atoms. The summed E-state index contributed by atoms with van der Waals surface area (Å²) in [4.78, 5) is 12.1. The first-order valence-corrected chi connectivity index (χ1v) is 6.46. The van der Waals surface area contributed by atoms with Crippen molar-refractivity contribution in [3.05, 3.63) is 33.8 Å². The second-order valence-electron chi connectivity index (χ2n) is 4.24. The molecule has 0 heterocycles. The van der Waals surface area contributed by atoms with Gasteiger partial charge in [0.05, 0.1) is 5.56 Å². The molecule has 0 spiro atoms. The zero-order valence-electron chi connectivity index (χ0n) is 10.6. The van der Waals surface area contributed by atoms with Crippen molar-refractivity contribution in [2.24, 2.45) is 5.92 Å². The quantitative estimate of drug-likeness (QED) is 0.747. The monoisotopic (exact) mass is 338 g/mol. The van der Waals surface area contributed by atoms with Gasteiger partial charge >= 0.3 is 6.18 Å². The molecule has 6 heteroatoms. The fourth-order valence-corrected chi connectivity index (χ4v) is 2.02. The lowest BCUT2D eigenvalue weighted by atomic mass is 9.95. The zero-order valence-corrected chi connectivity index (χ0v) is 12.1. The number of alkyl halides is 3. The molecular formula is C13H14BrF3O2. The summed E-state index contributed by atoms with van der Waals surface area (Å²) in [6, 6.07) is 3.08. The van der Waals surface area contributed by atoms with E-state index in [4.69, 9.17) is 4.74 Å². The van der Waals surface area contributed by atoms with Crippen LogP contribution in [0, 0.1) is 5.92 Å². The summed E-state index contributed by atoms with van der Waals surface area (Å²) in [5.74, 6) is -0.713. The van der Waals surface area contributed by atoms with Gasteiger partial charge in [-0.25, -0.2) is 0 Å². The Kier molecular flexibility index (Phi) is 5.55. The van der Waals surface area contributed by atoms with Gasteiger partial charge in [-0.2, -0.15) is 13.2 Å². The molecule has 0 N–H and O–H groups in total. The highest BCUT2D eigenvalue weighted by molar-refractivity contribution is 9.10. The summed E-state index contributed by atoms with van der Waals surface area (Å²) in [6.45, 7) is 2.07. The molecule has 0 amide bonds. The molecule has 1 unspecified atom stereocenters. The van der Waals surface area contributed by atoms with E-state index in [-0.39, 0.29) is 17.3 Å². The van der Waals surface area contributed by atoms with Gasteiger partial charge in [0.25, 0.3) is 0 Å². The minimum atomic E-state index is -4.45. The largest absolute Gasteiger partial charge is 0.416 e. The lowest BCUT2D eigenvalue weighted by Crippen LogP contribution is -2.15. The summed E-state index contributed by atoms with van der Waals surface area (Å²) in [6.07, 6.45) is -3.98. The normalized spacial score (nSPS) is 13.4. The molecular weight excluding hydrogens is 325 g/mol. The summed E-state index contributed by atoms with van der Waals surface area (Å²) in [5, 5.41) is 0. The lowest BCUT2D eigenvalue weighted by molar-refractivity contribution is -0.137. The van der Waals surface area contributed by atoms with Crippen molar-refractivity contribution < 1.29 is 22.7 Å². The molecule has 0 bridgehead atoms. The average Bonchev–Trinajstić information content (AvgIpc) is 2.34. The fourth-order valence-electron chi connectivity index (χ4n) is 1.58. The van der Waals surface area contributed by atoms with Gasteiger partial charge in [-0.05, 0) is 24.6 Å². The highest BCUT2D eigenvalue weighted by Crippen LogP contribution is 2.32. The average molecular weight is 339 g/mol. The zero-order chi connectivity index (χ0) is 14.6. The summed E-state index contributed by atoms with van der Waals surface area (Å²) in [5.41, 5.74) is -0.767. The van der Waals surface area contributed by atoms with Crippen molar-refractivity contribution in [3.8, 4) is 0 Å². The van der Waals surface area contributed by atoms with Gasteiger partial charge < -0.3 is 4.74 Å². The number of carbonyl (C=O) groups excluding carboxylic acids is 1. The van der Waals surface area contributed by atoms with Gasteiger partial charge in [-0.15, -0.1) is 0 Å². The fraction of sp³-hybridized carbons (Fsp3) is 0.462. The van der Waals surface area contributed by atoms with Crippen LogP contribution in [0.15, 0.2) is 22.7 Å². The number of methoxy groups -OCH3 is 1. The molecule has 0 aliphatic heterocycles. The van der Waals surface area contributed by atoms with E-state index in [0.29, 0.717) is 17.5 Å². The predicted octanol–water partition coefficient (Wildman–Crippen LogP) is 4.32. The number of carbonyl (C=O) groups is 1. The molecule has 0 aliphatic rings. The van der Waals surface area contributed by atoms with Crippen molar-refractivity contribution in [1.29, 1.82) is 0 Å². The molecule has 0 fully saturated rings. The van der Waals surface area contributed by atoms with E-state index in [1.54, 1.807) is 6.92 Å². The van der Waals surface area contributed by atoms with E-state index in [0.717, 1.165) is 12.1 Å². The van der Waals surface area contributed by atoms with E-state index < -0.39 is 11.7 Å². The van der Waals surface area contributed by atoms with E-state index in [9.17, 15) is 18.0 Å². The van der Waals surface area contributed by atoms with E-state index >= 15 is 0 Å². The number of Topliss-reactive ketones (excluding diaryl/α,β-unsaturated/α-hetero) is 1. The summed E-state index contributed by atoms with van der Waals surface area (Å²) in [7, 11) is 1.51. The maximum absolute atomic E-state index is 12.6. The molecule has 106 valence electrons. The van der Waals surface area contributed by atoms with Gasteiger partial charge in [-0.3, -0.25) is 4.79 Å². The van der Waals surface area contributed by atoms with Crippen LogP contribution in [0.25, 0.3) is 0 Å². The van der Waals surface area contributed by atoms with Crippen LogP contribution in [0.2, 0.25) is 0 Å². The summed E-state index contributed by atoms with van der Waals surface area (Å²) < 4.78 is 43.1. The van der Waals surface area contributed by atoms with Gasteiger partial charge in [0.1, 0.15) is 0 Å². The Balaban J connectivity index is 3.02. The Labute approximate surface area is 118 Å². The third-order valence-electron chi connectivity index (χ3n) is 2.76. The number of hydrogen-bond donors (Lipinski definition) is 0. The number of rotatable bonds is 5. The minimum absolute atomic E-state index is 0.0541. The van der Waals surface area contributed by atoms with Crippen molar-refractivity contribution in [1.82, 2.24) is 0 Å². The SMILES string of the molecule is COCCC(C)C(=O)c1cc(C(F)(F)F)ccc1Br. The first-order chi connectivity index (χ1) is 8.77. The third kappa shape index (κ3) is 4.31. The molecule has 1 rings (SSSR count). The first kappa shape index (κ1) is 16.2.